The average molecular weight is 464 g/mol. The predicted molar refractivity (Wildman–Crippen MR) is 115 cm³/mol. The molecule has 170 valence electrons. The van der Waals surface area contributed by atoms with E-state index in [0.29, 0.717) is 18.7 Å². The minimum atomic E-state index is -1.25. The lowest BCUT2D eigenvalue weighted by molar-refractivity contribution is -0.141. The third-order valence-corrected chi connectivity index (χ3v) is 5.46. The number of hydrogen-bond donors (Lipinski definition) is 7. The van der Waals surface area contributed by atoms with E-state index in [1.807, 2.05) is 6.26 Å². The number of hydrogen-bond acceptors (Lipinski definition) is 8. The number of aliphatic carboxylic acids is 1. The van der Waals surface area contributed by atoms with Crippen LogP contribution in [0.4, 0.5) is 0 Å². The number of thiol groups is 1. The molecule has 1 heterocycles. The summed E-state index contributed by atoms with van der Waals surface area (Å²) < 4.78 is 0. The second-order valence-electron chi connectivity index (χ2n) is 6.81. The fourth-order valence-corrected chi connectivity index (χ4v) is 3.54. The molecule has 0 spiro atoms. The first kappa shape index (κ1) is 26.0. The fraction of sp³-hybridized carbons (Fsp3) is 0.706. The zero-order valence-electron chi connectivity index (χ0n) is 16.7. The lowest BCUT2D eigenvalue weighted by atomic mass is 10.1. The summed E-state index contributed by atoms with van der Waals surface area (Å²) in [5, 5.41) is 19.4. The number of rotatable bonds is 13. The van der Waals surface area contributed by atoms with Gasteiger partial charge in [0.15, 0.2) is 0 Å². The molecule has 0 saturated carbocycles. The number of nitrogens with one attached hydrogen (secondary N) is 4. The maximum Gasteiger partial charge on any atom is 0.327 e. The van der Waals surface area contributed by atoms with Crippen molar-refractivity contribution in [3.05, 3.63) is 0 Å². The van der Waals surface area contributed by atoms with Crippen LogP contribution in [0.25, 0.3) is 0 Å². The fourth-order valence-electron chi connectivity index (χ4n) is 2.83. The summed E-state index contributed by atoms with van der Waals surface area (Å²) in [5.74, 6) is -3.54. The number of amides is 4. The van der Waals surface area contributed by atoms with Crippen LogP contribution in [0.15, 0.2) is 0 Å². The first-order valence-corrected chi connectivity index (χ1v) is 11.5. The van der Waals surface area contributed by atoms with Gasteiger partial charge in [-0.05, 0) is 37.8 Å². The highest BCUT2D eigenvalue weighted by molar-refractivity contribution is 7.98. The summed E-state index contributed by atoms with van der Waals surface area (Å²) in [4.78, 5) is 60.1. The van der Waals surface area contributed by atoms with E-state index in [-0.39, 0.29) is 12.2 Å². The molecule has 0 radical (unpaired) electrons. The van der Waals surface area contributed by atoms with Crippen molar-refractivity contribution < 1.29 is 29.1 Å². The number of primary amides is 1. The quantitative estimate of drug-likeness (QED) is 0.151. The summed E-state index contributed by atoms with van der Waals surface area (Å²) in [5.41, 5.74) is 5.21. The van der Waals surface area contributed by atoms with Crippen molar-refractivity contribution in [2.24, 2.45) is 5.73 Å². The molecule has 4 unspecified atom stereocenters. The van der Waals surface area contributed by atoms with E-state index >= 15 is 0 Å². The molecule has 0 aromatic heterocycles. The molecule has 13 heteroatoms. The van der Waals surface area contributed by atoms with E-state index in [9.17, 15) is 24.0 Å². The molecule has 0 aromatic rings. The van der Waals surface area contributed by atoms with E-state index < -0.39 is 60.2 Å². The molecule has 4 amide bonds. The molecule has 7 N–H and O–H groups in total. The van der Waals surface area contributed by atoms with Crippen molar-refractivity contribution in [1.29, 1.82) is 0 Å². The van der Waals surface area contributed by atoms with Gasteiger partial charge in [-0.2, -0.15) is 24.4 Å². The summed E-state index contributed by atoms with van der Waals surface area (Å²) >= 11 is 5.33. The zero-order chi connectivity index (χ0) is 22.7. The van der Waals surface area contributed by atoms with Gasteiger partial charge < -0.3 is 32.1 Å². The molecular weight excluding hydrogens is 434 g/mol. The summed E-state index contributed by atoms with van der Waals surface area (Å²) in [6.07, 6.45) is 3.03. The number of carbonyl (C=O) groups excluding carboxylic acids is 4. The Balaban J connectivity index is 2.86. The van der Waals surface area contributed by atoms with Gasteiger partial charge in [-0.15, -0.1) is 0 Å². The molecular formula is C17H29N5O6S2. The van der Waals surface area contributed by atoms with Crippen LogP contribution in [0.3, 0.4) is 0 Å². The van der Waals surface area contributed by atoms with Crippen LogP contribution in [0, 0.1) is 0 Å². The Morgan fingerprint density at radius 2 is 1.77 bits per heavy atom. The Bertz CT molecular complexity index is 644. The molecule has 1 aliphatic heterocycles. The lowest BCUT2D eigenvalue weighted by Gasteiger charge is -2.24. The Labute approximate surface area is 184 Å². The number of thioether (sulfide) groups is 1. The highest BCUT2D eigenvalue weighted by atomic mass is 32.2. The summed E-state index contributed by atoms with van der Waals surface area (Å²) in [7, 11) is 0. The molecule has 30 heavy (non-hydrogen) atoms. The van der Waals surface area contributed by atoms with Crippen molar-refractivity contribution in [2.45, 2.75) is 49.9 Å². The molecule has 0 aliphatic carbocycles. The van der Waals surface area contributed by atoms with Crippen LogP contribution < -0.4 is 27.0 Å². The molecule has 1 saturated heterocycles. The average Bonchev–Trinajstić information content (AvgIpc) is 3.22. The maximum atomic E-state index is 12.7. The maximum absolute atomic E-state index is 12.7. The monoisotopic (exact) mass is 463 g/mol. The normalized spacial score (nSPS) is 18.7. The first-order chi connectivity index (χ1) is 14.2. The molecule has 11 nitrogen and oxygen atoms in total. The van der Waals surface area contributed by atoms with Crippen LogP contribution >= 0.6 is 24.4 Å². The standard InChI is InChI=1S/C17H29N5O6S2/c1-30-6-4-10(15(25)22-12(8-29)17(27)28)20-16(26)11(7-13(18)23)21-14(24)9-3-2-5-19-9/h9-12,19,29H,2-8H2,1H3,(H2,18,23)(H,20,26)(H,21,24)(H,22,25)(H,27,28). The van der Waals surface area contributed by atoms with Crippen LogP contribution in [-0.4, -0.2) is 83.2 Å². The van der Waals surface area contributed by atoms with Crippen molar-refractivity contribution in [1.82, 2.24) is 21.3 Å². The molecule has 0 bridgehead atoms. The van der Waals surface area contributed by atoms with E-state index in [1.54, 1.807) is 0 Å². The number of nitrogens with two attached hydrogens (primary N) is 1. The Morgan fingerprint density at radius 1 is 1.13 bits per heavy atom. The summed E-state index contributed by atoms with van der Waals surface area (Å²) in [6.45, 7) is 0.678. The van der Waals surface area contributed by atoms with E-state index in [4.69, 9.17) is 10.8 Å². The van der Waals surface area contributed by atoms with Crippen molar-refractivity contribution in [3.8, 4) is 0 Å². The van der Waals surface area contributed by atoms with Gasteiger partial charge in [-0.3, -0.25) is 19.2 Å². The smallest absolute Gasteiger partial charge is 0.327 e. The molecule has 1 rings (SSSR count). The zero-order valence-corrected chi connectivity index (χ0v) is 18.4. The molecule has 0 aromatic carbocycles. The van der Waals surface area contributed by atoms with Gasteiger partial charge in [0.2, 0.25) is 23.6 Å². The minimum Gasteiger partial charge on any atom is -0.480 e. The van der Waals surface area contributed by atoms with Gasteiger partial charge in [0.1, 0.15) is 18.1 Å². The van der Waals surface area contributed by atoms with Crippen molar-refractivity contribution in [3.63, 3.8) is 0 Å². The Hall–Kier alpha value is -1.99. The van der Waals surface area contributed by atoms with Crippen LogP contribution in [0.1, 0.15) is 25.7 Å². The predicted octanol–water partition coefficient (Wildman–Crippen LogP) is -2.16. The van der Waals surface area contributed by atoms with E-state index in [0.717, 1.165) is 6.42 Å². The van der Waals surface area contributed by atoms with Gasteiger partial charge in [-0.1, -0.05) is 0 Å². The topological polar surface area (TPSA) is 180 Å². The molecule has 1 fully saturated rings. The minimum absolute atomic E-state index is 0.126. The number of carbonyl (C=O) groups is 5. The SMILES string of the molecule is CSCCC(NC(=O)C(CC(N)=O)NC(=O)C1CCCN1)C(=O)NC(CS)C(=O)O. The van der Waals surface area contributed by atoms with Crippen LogP contribution in [-0.2, 0) is 24.0 Å². The Kier molecular flexibility index (Phi) is 11.6. The van der Waals surface area contributed by atoms with Gasteiger partial charge >= 0.3 is 5.97 Å². The molecule has 4 atom stereocenters. The van der Waals surface area contributed by atoms with E-state index in [2.05, 4.69) is 33.9 Å². The third-order valence-electron chi connectivity index (χ3n) is 4.46. The highest BCUT2D eigenvalue weighted by Gasteiger charge is 2.31. The van der Waals surface area contributed by atoms with Gasteiger partial charge in [-0.25, -0.2) is 4.79 Å². The van der Waals surface area contributed by atoms with Gasteiger partial charge in [0, 0.05) is 5.75 Å². The number of carboxylic acids is 1. The van der Waals surface area contributed by atoms with Crippen molar-refractivity contribution in [2.75, 3.05) is 24.3 Å². The van der Waals surface area contributed by atoms with Gasteiger partial charge in [0.05, 0.1) is 12.5 Å². The van der Waals surface area contributed by atoms with E-state index in [1.165, 1.54) is 11.8 Å². The summed E-state index contributed by atoms with van der Waals surface area (Å²) in [6, 6.07) is -3.98. The third kappa shape index (κ3) is 8.79. The lowest BCUT2D eigenvalue weighted by Crippen LogP contribution is -2.58. The largest absolute Gasteiger partial charge is 0.480 e. The van der Waals surface area contributed by atoms with Crippen LogP contribution in [0.5, 0.6) is 0 Å². The first-order valence-electron chi connectivity index (χ1n) is 9.45. The number of carboxylic acid groups (broad SMARTS) is 1. The van der Waals surface area contributed by atoms with Crippen molar-refractivity contribution >= 4 is 54.0 Å². The van der Waals surface area contributed by atoms with Gasteiger partial charge in [0.25, 0.3) is 0 Å². The highest BCUT2D eigenvalue weighted by Crippen LogP contribution is 2.07. The molecule has 1 aliphatic rings. The second kappa shape index (κ2) is 13.3. The van der Waals surface area contributed by atoms with Crippen LogP contribution in [0.2, 0.25) is 0 Å². The second-order valence-corrected chi connectivity index (χ2v) is 8.16. The Morgan fingerprint density at radius 3 is 2.27 bits per heavy atom.